The van der Waals surface area contributed by atoms with Crippen molar-refractivity contribution in [2.75, 3.05) is 19.0 Å². The van der Waals surface area contributed by atoms with Gasteiger partial charge in [0.15, 0.2) is 6.23 Å². The summed E-state index contributed by atoms with van der Waals surface area (Å²) < 4.78 is 21.1. The molecule has 0 spiro atoms. The summed E-state index contributed by atoms with van der Waals surface area (Å²) in [7, 11) is -3.36. The second kappa shape index (κ2) is 6.53. The highest BCUT2D eigenvalue weighted by atomic mass is 31.2. The first-order chi connectivity index (χ1) is 10.6. The van der Waals surface area contributed by atoms with Crippen LogP contribution in [0, 0.1) is 0 Å². The number of rotatable bonds is 5. The number of hydrogen-bond acceptors (Lipinski definition) is 8. The Hall–Kier alpha value is -1.53. The van der Waals surface area contributed by atoms with Crippen LogP contribution >= 0.6 is 7.82 Å². The molecule has 1 aromatic rings. The highest BCUT2D eigenvalue weighted by molar-refractivity contribution is 7.46. The van der Waals surface area contributed by atoms with Crippen molar-refractivity contribution in [3.05, 3.63) is 26.9 Å². The molecule has 1 fully saturated rings. The van der Waals surface area contributed by atoms with E-state index in [1.165, 1.54) is 7.05 Å². The Morgan fingerprint density at radius 3 is 2.61 bits per heavy atom. The number of aromatic amines is 1. The summed E-state index contributed by atoms with van der Waals surface area (Å²) in [5, 5.41) is 22.5. The fraction of sp³-hybridized carbons (Fsp3) is 0.600. The number of nitrogens with zero attached hydrogens (tertiary/aromatic N) is 1. The minimum Gasteiger partial charge on any atom is -0.387 e. The number of phosphoric ester groups is 1. The van der Waals surface area contributed by atoms with E-state index in [1.54, 1.807) is 0 Å². The number of nitrogens with one attached hydrogen (secondary N) is 2. The van der Waals surface area contributed by atoms with Gasteiger partial charge in [0.1, 0.15) is 24.1 Å². The van der Waals surface area contributed by atoms with Crippen LogP contribution in [-0.2, 0) is 13.8 Å². The Morgan fingerprint density at radius 1 is 1.39 bits per heavy atom. The van der Waals surface area contributed by atoms with Gasteiger partial charge in [-0.15, -0.1) is 0 Å². The van der Waals surface area contributed by atoms with Crippen LogP contribution in [0.5, 0.6) is 0 Å². The van der Waals surface area contributed by atoms with Gasteiger partial charge in [0.2, 0.25) is 0 Å². The zero-order chi connectivity index (χ0) is 17.4. The monoisotopic (exact) mass is 353 g/mol. The third-order valence-corrected chi connectivity index (χ3v) is 3.72. The molecule has 23 heavy (non-hydrogen) atoms. The molecular formula is C10H16N3O9P. The molecule has 1 aliphatic heterocycles. The number of aliphatic hydroxyl groups excluding tert-OH is 2. The SMILES string of the molecule is CNc1cc(=O)[nH]c(=O)n1[C@@H]1O[C@H](COP(=O)(O)O)C(O)C1O. The number of hydrogen-bond donors (Lipinski definition) is 6. The molecule has 0 aromatic carbocycles. The second-order valence-corrected chi connectivity index (χ2v) is 6.02. The molecule has 0 saturated carbocycles. The summed E-state index contributed by atoms with van der Waals surface area (Å²) in [6.45, 7) is -0.702. The Bertz CT molecular complexity index is 725. The Balaban J connectivity index is 2.30. The molecule has 13 heteroatoms. The van der Waals surface area contributed by atoms with Crippen LogP contribution in [0.2, 0.25) is 0 Å². The van der Waals surface area contributed by atoms with Crippen molar-refractivity contribution >= 4 is 13.6 Å². The van der Waals surface area contributed by atoms with E-state index in [4.69, 9.17) is 14.5 Å². The largest absolute Gasteiger partial charge is 0.469 e. The lowest BCUT2D eigenvalue weighted by Crippen LogP contribution is -2.39. The molecule has 2 heterocycles. The maximum atomic E-state index is 11.9. The van der Waals surface area contributed by atoms with Crippen LogP contribution < -0.4 is 16.6 Å². The summed E-state index contributed by atoms with van der Waals surface area (Å²) in [4.78, 5) is 42.5. The molecule has 2 rings (SSSR count). The standard InChI is InChI=1S/C10H16N3O9P/c1-11-5-2-6(14)12-10(17)13(5)9-8(16)7(15)4(22-9)3-21-23(18,19)20/h2,4,7-9,11,15-16H,3H2,1H3,(H,12,14,17)(H2,18,19,20)/t4-,7?,8?,9-/m1/s1. The van der Waals surface area contributed by atoms with Gasteiger partial charge in [-0.3, -0.25) is 14.3 Å². The molecular weight excluding hydrogens is 337 g/mol. The molecule has 0 bridgehead atoms. The molecule has 0 aliphatic carbocycles. The van der Waals surface area contributed by atoms with Gasteiger partial charge in [0.05, 0.1) is 6.61 Å². The lowest BCUT2D eigenvalue weighted by Gasteiger charge is -2.20. The van der Waals surface area contributed by atoms with Gasteiger partial charge >= 0.3 is 13.5 Å². The van der Waals surface area contributed by atoms with Crippen LogP contribution in [0.1, 0.15) is 6.23 Å². The number of anilines is 1. The zero-order valence-corrected chi connectivity index (χ0v) is 12.7. The van der Waals surface area contributed by atoms with Crippen LogP contribution in [-0.4, -0.2) is 61.5 Å². The van der Waals surface area contributed by atoms with Gasteiger partial charge in [-0.1, -0.05) is 0 Å². The van der Waals surface area contributed by atoms with E-state index in [-0.39, 0.29) is 5.82 Å². The van der Waals surface area contributed by atoms with Gasteiger partial charge in [-0.05, 0) is 0 Å². The number of phosphoric acid groups is 1. The first kappa shape index (κ1) is 17.8. The molecule has 12 nitrogen and oxygen atoms in total. The fourth-order valence-electron chi connectivity index (χ4n) is 2.20. The van der Waals surface area contributed by atoms with E-state index in [9.17, 15) is 24.4 Å². The normalized spacial score (nSPS) is 28.0. The minimum absolute atomic E-state index is 0.0200. The second-order valence-electron chi connectivity index (χ2n) is 4.78. The van der Waals surface area contributed by atoms with E-state index < -0.39 is 50.2 Å². The van der Waals surface area contributed by atoms with Crippen molar-refractivity contribution in [3.8, 4) is 0 Å². The molecule has 1 saturated heterocycles. The topological polar surface area (TPSA) is 183 Å². The Morgan fingerprint density at radius 2 is 2.04 bits per heavy atom. The fourth-order valence-corrected chi connectivity index (χ4v) is 2.54. The van der Waals surface area contributed by atoms with Crippen LogP contribution in [0.25, 0.3) is 0 Å². The smallest absolute Gasteiger partial charge is 0.387 e. The number of H-pyrrole nitrogens is 1. The molecule has 6 N–H and O–H groups in total. The summed E-state index contributed by atoms with van der Waals surface area (Å²) in [5.74, 6) is 0.0200. The number of aliphatic hydroxyl groups is 2. The maximum absolute atomic E-state index is 11.9. The first-order valence-electron chi connectivity index (χ1n) is 6.39. The third-order valence-electron chi connectivity index (χ3n) is 3.23. The number of aromatic nitrogens is 2. The zero-order valence-electron chi connectivity index (χ0n) is 11.8. The molecule has 4 atom stereocenters. The first-order valence-corrected chi connectivity index (χ1v) is 7.92. The van der Waals surface area contributed by atoms with Gasteiger partial charge in [-0.2, -0.15) is 0 Å². The van der Waals surface area contributed by atoms with Crippen LogP contribution in [0.3, 0.4) is 0 Å². The third kappa shape index (κ3) is 3.87. The molecule has 0 amide bonds. The maximum Gasteiger partial charge on any atom is 0.469 e. The predicted molar refractivity (Wildman–Crippen MR) is 74.8 cm³/mol. The van der Waals surface area contributed by atoms with Gasteiger partial charge in [0, 0.05) is 13.1 Å². The average molecular weight is 353 g/mol. The van der Waals surface area contributed by atoms with E-state index in [2.05, 4.69) is 9.84 Å². The predicted octanol–water partition coefficient (Wildman–Crippen LogP) is -2.69. The van der Waals surface area contributed by atoms with Crippen molar-refractivity contribution in [1.82, 2.24) is 9.55 Å². The Kier molecular flexibility index (Phi) is 5.06. The summed E-state index contributed by atoms with van der Waals surface area (Å²) in [6, 6.07) is 1.04. The molecule has 0 radical (unpaired) electrons. The van der Waals surface area contributed by atoms with Crippen molar-refractivity contribution in [2.45, 2.75) is 24.5 Å². The van der Waals surface area contributed by atoms with Crippen LogP contribution in [0.4, 0.5) is 5.82 Å². The highest BCUT2D eigenvalue weighted by Gasteiger charge is 2.45. The quantitative estimate of drug-likeness (QED) is 0.305. The van der Waals surface area contributed by atoms with Gasteiger partial charge < -0.3 is 30.1 Å². The number of ether oxygens (including phenoxy) is 1. The van der Waals surface area contributed by atoms with Crippen molar-refractivity contribution in [2.24, 2.45) is 0 Å². The van der Waals surface area contributed by atoms with Gasteiger partial charge in [0.25, 0.3) is 5.56 Å². The summed E-state index contributed by atoms with van der Waals surface area (Å²) >= 11 is 0. The average Bonchev–Trinajstić information content (AvgIpc) is 2.71. The van der Waals surface area contributed by atoms with Crippen molar-refractivity contribution in [1.29, 1.82) is 0 Å². The summed E-state index contributed by atoms with van der Waals surface area (Å²) in [6.07, 6.45) is -5.82. The van der Waals surface area contributed by atoms with Gasteiger partial charge in [-0.25, -0.2) is 13.9 Å². The van der Waals surface area contributed by atoms with E-state index in [0.717, 1.165) is 10.6 Å². The van der Waals surface area contributed by atoms with E-state index in [1.807, 2.05) is 4.98 Å². The lowest BCUT2D eigenvalue weighted by atomic mass is 10.1. The summed E-state index contributed by atoms with van der Waals surface area (Å²) in [5.41, 5.74) is -1.57. The Labute approximate surface area is 128 Å². The van der Waals surface area contributed by atoms with Crippen molar-refractivity contribution in [3.63, 3.8) is 0 Å². The van der Waals surface area contributed by atoms with E-state index in [0.29, 0.717) is 0 Å². The lowest BCUT2D eigenvalue weighted by molar-refractivity contribution is -0.0532. The van der Waals surface area contributed by atoms with Crippen LogP contribution in [0.15, 0.2) is 15.7 Å². The minimum atomic E-state index is -4.79. The molecule has 1 aliphatic rings. The van der Waals surface area contributed by atoms with E-state index >= 15 is 0 Å². The molecule has 1 aromatic heterocycles. The highest BCUT2D eigenvalue weighted by Crippen LogP contribution is 2.38. The van der Waals surface area contributed by atoms with Crippen molar-refractivity contribution < 1.29 is 33.8 Å². The molecule has 2 unspecified atom stereocenters. The molecule has 130 valence electrons.